The lowest BCUT2D eigenvalue weighted by molar-refractivity contribution is -0.385. The van der Waals surface area contributed by atoms with Crippen molar-refractivity contribution in [3.05, 3.63) is 114 Å². The van der Waals surface area contributed by atoms with E-state index in [0.717, 1.165) is 28.6 Å². The molecule has 0 aliphatic rings. The van der Waals surface area contributed by atoms with E-state index in [2.05, 4.69) is 39.9 Å². The third-order valence-corrected chi connectivity index (χ3v) is 7.49. The first kappa shape index (κ1) is 29.9. The van der Waals surface area contributed by atoms with E-state index in [1.54, 1.807) is 37.4 Å². The fraction of sp³-hybridized carbons (Fsp3) is 0.161. The lowest BCUT2D eigenvalue weighted by Gasteiger charge is -2.17. The number of aryl methyl sites for hydroxylation is 1. The summed E-state index contributed by atoms with van der Waals surface area (Å²) in [5, 5.41) is 16.4. The molecule has 218 valence electrons. The van der Waals surface area contributed by atoms with Crippen molar-refractivity contribution in [2.75, 3.05) is 7.11 Å². The van der Waals surface area contributed by atoms with Crippen molar-refractivity contribution < 1.29 is 14.4 Å². The summed E-state index contributed by atoms with van der Waals surface area (Å²) < 4.78 is 13.3. The molecule has 43 heavy (non-hydrogen) atoms. The SMILES string of the molecule is COc1cc(C)c(-c2nc3ccccc3c(=O)n2N=Cc2cc(Cl)cc(Br)c2Oc2ccc([N+](=O)[O-])cn2)cc1C(C)C. The fourth-order valence-corrected chi connectivity index (χ4v) is 5.44. The second-order valence-corrected chi connectivity index (χ2v) is 11.2. The van der Waals surface area contributed by atoms with Gasteiger partial charge < -0.3 is 9.47 Å². The summed E-state index contributed by atoms with van der Waals surface area (Å²) in [6, 6.07) is 16.9. The summed E-state index contributed by atoms with van der Waals surface area (Å²) in [7, 11) is 1.63. The number of ether oxygens (including phenoxy) is 2. The van der Waals surface area contributed by atoms with E-state index >= 15 is 0 Å². The van der Waals surface area contributed by atoms with Gasteiger partial charge in [0.25, 0.3) is 11.2 Å². The van der Waals surface area contributed by atoms with Gasteiger partial charge >= 0.3 is 0 Å². The van der Waals surface area contributed by atoms with Gasteiger partial charge in [0.2, 0.25) is 5.88 Å². The van der Waals surface area contributed by atoms with E-state index in [1.807, 2.05) is 25.1 Å². The number of aromatic nitrogens is 3. The predicted octanol–water partition coefficient (Wildman–Crippen LogP) is 7.90. The molecule has 5 rings (SSSR count). The van der Waals surface area contributed by atoms with Crippen LogP contribution in [0.3, 0.4) is 0 Å². The van der Waals surface area contributed by atoms with E-state index < -0.39 is 4.92 Å². The van der Waals surface area contributed by atoms with Crippen LogP contribution in [0.15, 0.2) is 81.2 Å². The summed E-state index contributed by atoms with van der Waals surface area (Å²) in [5.41, 5.74) is 2.96. The lowest BCUT2D eigenvalue weighted by atomic mass is 9.96. The summed E-state index contributed by atoms with van der Waals surface area (Å²) in [6.07, 6.45) is 2.54. The first-order valence-electron chi connectivity index (χ1n) is 13.1. The second-order valence-electron chi connectivity index (χ2n) is 9.90. The zero-order valence-electron chi connectivity index (χ0n) is 23.5. The molecule has 0 saturated carbocycles. The quantitative estimate of drug-likeness (QED) is 0.0941. The van der Waals surface area contributed by atoms with Gasteiger partial charge in [-0.3, -0.25) is 14.9 Å². The molecule has 2 heterocycles. The number of nitro groups is 1. The van der Waals surface area contributed by atoms with Crippen LogP contribution in [-0.2, 0) is 0 Å². The zero-order chi connectivity index (χ0) is 30.8. The molecule has 0 bridgehead atoms. The van der Waals surface area contributed by atoms with E-state index in [4.69, 9.17) is 26.1 Å². The Morgan fingerprint density at radius 3 is 2.58 bits per heavy atom. The fourth-order valence-electron chi connectivity index (χ4n) is 4.52. The van der Waals surface area contributed by atoms with E-state index in [0.29, 0.717) is 37.5 Å². The first-order valence-corrected chi connectivity index (χ1v) is 14.3. The molecule has 0 aliphatic heterocycles. The Labute approximate surface area is 259 Å². The lowest BCUT2D eigenvalue weighted by Crippen LogP contribution is -2.21. The zero-order valence-corrected chi connectivity index (χ0v) is 25.9. The number of rotatable bonds is 8. The summed E-state index contributed by atoms with van der Waals surface area (Å²) in [4.78, 5) is 33.2. The molecule has 0 aliphatic carbocycles. The number of fused-ring (bicyclic) bond motifs is 1. The number of benzene rings is 3. The Balaban J connectivity index is 1.68. The first-order chi connectivity index (χ1) is 20.6. The van der Waals surface area contributed by atoms with Crippen molar-refractivity contribution in [1.29, 1.82) is 0 Å². The Bertz CT molecular complexity index is 1960. The van der Waals surface area contributed by atoms with Gasteiger partial charge in [0, 0.05) is 28.3 Å². The van der Waals surface area contributed by atoms with Crippen LogP contribution in [0, 0.1) is 17.0 Å². The molecular weight excluding hydrogens is 638 g/mol. The van der Waals surface area contributed by atoms with E-state index in [1.165, 1.54) is 23.0 Å². The minimum Gasteiger partial charge on any atom is -0.496 e. The highest BCUT2D eigenvalue weighted by Gasteiger charge is 2.19. The Kier molecular flexibility index (Phi) is 8.56. The summed E-state index contributed by atoms with van der Waals surface area (Å²) in [6.45, 7) is 6.05. The topological polar surface area (TPSA) is 122 Å². The number of pyridine rings is 1. The standard InChI is InChI=1S/C31H25BrClN5O5/c1-17(2)23-14-24(18(3)11-27(23)42-4)30-36-26-8-6-5-7-22(26)31(39)37(30)35-15-19-12-20(33)13-25(32)29(19)43-28-10-9-21(16-34-28)38(40)41/h5-17H,1-4H3. The molecule has 2 aromatic heterocycles. The van der Waals surface area contributed by atoms with Crippen LogP contribution >= 0.6 is 27.5 Å². The molecule has 0 amide bonds. The predicted molar refractivity (Wildman–Crippen MR) is 170 cm³/mol. The normalized spacial score (nSPS) is 11.4. The maximum absolute atomic E-state index is 13.8. The van der Waals surface area contributed by atoms with Crippen LogP contribution in [0.2, 0.25) is 5.02 Å². The molecule has 3 aromatic carbocycles. The highest BCUT2D eigenvalue weighted by Crippen LogP contribution is 2.36. The minimum atomic E-state index is -0.547. The van der Waals surface area contributed by atoms with E-state index in [-0.39, 0.29) is 23.0 Å². The Morgan fingerprint density at radius 1 is 1.14 bits per heavy atom. The monoisotopic (exact) mass is 661 g/mol. The molecule has 0 unspecified atom stereocenters. The number of methoxy groups -OCH3 is 1. The van der Waals surface area contributed by atoms with Crippen LogP contribution in [-0.4, -0.2) is 32.9 Å². The van der Waals surface area contributed by atoms with Crippen LogP contribution in [0.1, 0.15) is 36.5 Å². The second kappa shape index (κ2) is 12.3. The Morgan fingerprint density at radius 2 is 1.91 bits per heavy atom. The van der Waals surface area contributed by atoms with Gasteiger partial charge in [0.05, 0.1) is 33.6 Å². The maximum atomic E-state index is 13.8. The third-order valence-electron chi connectivity index (χ3n) is 6.68. The maximum Gasteiger partial charge on any atom is 0.287 e. The van der Waals surface area contributed by atoms with Gasteiger partial charge in [-0.2, -0.15) is 9.78 Å². The van der Waals surface area contributed by atoms with Crippen LogP contribution < -0.4 is 15.0 Å². The smallest absolute Gasteiger partial charge is 0.287 e. The van der Waals surface area contributed by atoms with Gasteiger partial charge in [-0.15, -0.1) is 0 Å². The van der Waals surface area contributed by atoms with Crippen LogP contribution in [0.4, 0.5) is 5.69 Å². The van der Waals surface area contributed by atoms with Gasteiger partial charge in [-0.1, -0.05) is 37.6 Å². The average molecular weight is 663 g/mol. The van der Waals surface area contributed by atoms with E-state index in [9.17, 15) is 14.9 Å². The highest BCUT2D eigenvalue weighted by molar-refractivity contribution is 9.10. The van der Waals surface area contributed by atoms with Crippen molar-refractivity contribution in [3.63, 3.8) is 0 Å². The number of hydrogen-bond acceptors (Lipinski definition) is 8. The number of halogens is 2. The molecule has 0 saturated heterocycles. The van der Waals surface area contributed by atoms with Gasteiger partial charge in [0.1, 0.15) is 11.9 Å². The van der Waals surface area contributed by atoms with Crippen molar-refractivity contribution >= 4 is 50.3 Å². The van der Waals surface area contributed by atoms with Crippen LogP contribution in [0.25, 0.3) is 22.3 Å². The molecule has 0 fully saturated rings. The van der Waals surface area contributed by atoms with Crippen molar-refractivity contribution in [2.45, 2.75) is 26.7 Å². The molecule has 0 radical (unpaired) electrons. The van der Waals surface area contributed by atoms with Gasteiger partial charge in [-0.25, -0.2) is 9.97 Å². The molecule has 5 aromatic rings. The average Bonchev–Trinajstić information content (AvgIpc) is 2.98. The number of para-hydroxylation sites is 1. The highest BCUT2D eigenvalue weighted by atomic mass is 79.9. The molecule has 0 spiro atoms. The van der Waals surface area contributed by atoms with Crippen LogP contribution in [0.5, 0.6) is 17.4 Å². The summed E-state index contributed by atoms with van der Waals surface area (Å²) >= 11 is 9.83. The molecule has 12 heteroatoms. The van der Waals surface area contributed by atoms with Crippen molar-refractivity contribution in [1.82, 2.24) is 14.6 Å². The molecular formula is C31H25BrClN5O5. The van der Waals surface area contributed by atoms with Crippen molar-refractivity contribution in [3.8, 4) is 28.8 Å². The minimum absolute atomic E-state index is 0.114. The van der Waals surface area contributed by atoms with Gasteiger partial charge in [-0.05, 0) is 76.3 Å². The van der Waals surface area contributed by atoms with Crippen molar-refractivity contribution in [2.24, 2.45) is 5.10 Å². The number of hydrogen-bond donors (Lipinski definition) is 0. The largest absolute Gasteiger partial charge is 0.496 e. The molecule has 10 nitrogen and oxygen atoms in total. The number of nitrogens with zero attached hydrogens (tertiary/aromatic N) is 5. The molecule has 0 N–H and O–H groups in total. The molecule has 0 atom stereocenters. The summed E-state index contributed by atoms with van der Waals surface area (Å²) in [5.74, 6) is 1.65. The Hall–Kier alpha value is -4.61. The third kappa shape index (κ3) is 6.13. The van der Waals surface area contributed by atoms with Gasteiger partial charge in [0.15, 0.2) is 11.6 Å².